The molecule has 2 aromatic carbocycles. The highest BCUT2D eigenvalue weighted by Gasteiger charge is 2.43. The summed E-state index contributed by atoms with van der Waals surface area (Å²) in [5.41, 5.74) is 0.709. The predicted molar refractivity (Wildman–Crippen MR) is 102 cm³/mol. The number of hydrogen-bond acceptors (Lipinski definition) is 9. The quantitative estimate of drug-likeness (QED) is 0.493. The summed E-state index contributed by atoms with van der Waals surface area (Å²) in [4.78, 5) is 12.4. The average molecular weight is 418 g/mol. The summed E-state index contributed by atoms with van der Waals surface area (Å²) in [6, 6.07) is 8.90. The molecule has 160 valence electrons. The normalized spacial score (nSPS) is 31.0. The van der Waals surface area contributed by atoms with E-state index < -0.39 is 36.8 Å². The van der Waals surface area contributed by atoms with Gasteiger partial charge in [-0.1, -0.05) is 12.1 Å². The minimum atomic E-state index is -1.42. The van der Waals surface area contributed by atoms with Crippen LogP contribution in [0.2, 0.25) is 0 Å². The molecule has 0 bridgehead atoms. The molecule has 0 aromatic heterocycles. The molecule has 1 saturated heterocycles. The third-order valence-electron chi connectivity index (χ3n) is 5.30. The fourth-order valence-electron chi connectivity index (χ4n) is 3.62. The number of ketones is 1. The van der Waals surface area contributed by atoms with Crippen molar-refractivity contribution in [1.82, 2.24) is 0 Å². The SMILES string of the molecule is C[C@@H]1O[C@@H](Oc2ccc([C@H]3CC(=O)c4c(O)cc(O)cc4O3)cc2)[C@H](O)[C@H](O)[C@H]1O. The number of aromatic hydroxyl groups is 2. The number of carbonyl (C=O) groups is 1. The van der Waals surface area contributed by atoms with E-state index in [1.807, 2.05) is 0 Å². The zero-order valence-corrected chi connectivity index (χ0v) is 16.0. The Morgan fingerprint density at radius 1 is 1.00 bits per heavy atom. The number of fused-ring (bicyclic) bond motifs is 1. The first kappa shape index (κ1) is 20.4. The molecule has 2 aliphatic heterocycles. The van der Waals surface area contributed by atoms with Gasteiger partial charge in [-0.3, -0.25) is 4.79 Å². The van der Waals surface area contributed by atoms with Crippen LogP contribution >= 0.6 is 0 Å². The van der Waals surface area contributed by atoms with E-state index in [2.05, 4.69) is 0 Å². The van der Waals surface area contributed by atoms with E-state index >= 15 is 0 Å². The summed E-state index contributed by atoms with van der Waals surface area (Å²) in [6.07, 6.45) is -6.52. The van der Waals surface area contributed by atoms with Crippen LogP contribution in [0.4, 0.5) is 0 Å². The number of carbonyl (C=O) groups excluding carboxylic acids is 1. The number of hydrogen-bond donors (Lipinski definition) is 5. The van der Waals surface area contributed by atoms with Crippen LogP contribution in [0.5, 0.6) is 23.0 Å². The minimum absolute atomic E-state index is 0.0115. The summed E-state index contributed by atoms with van der Waals surface area (Å²) < 4.78 is 16.8. The second-order valence-electron chi connectivity index (χ2n) is 7.44. The molecule has 0 spiro atoms. The largest absolute Gasteiger partial charge is 0.508 e. The monoisotopic (exact) mass is 418 g/mol. The molecule has 6 atom stereocenters. The van der Waals surface area contributed by atoms with Gasteiger partial charge in [0.25, 0.3) is 0 Å². The average Bonchev–Trinajstić information content (AvgIpc) is 2.70. The zero-order valence-electron chi connectivity index (χ0n) is 16.0. The Labute approximate surface area is 171 Å². The van der Waals surface area contributed by atoms with Crippen molar-refractivity contribution in [3.63, 3.8) is 0 Å². The molecule has 4 rings (SSSR count). The van der Waals surface area contributed by atoms with E-state index in [1.165, 1.54) is 6.07 Å². The number of phenols is 2. The van der Waals surface area contributed by atoms with Gasteiger partial charge in [-0.25, -0.2) is 0 Å². The third kappa shape index (κ3) is 3.68. The lowest BCUT2D eigenvalue weighted by Gasteiger charge is -2.38. The van der Waals surface area contributed by atoms with Crippen LogP contribution in [0, 0.1) is 0 Å². The molecule has 5 N–H and O–H groups in total. The van der Waals surface area contributed by atoms with E-state index in [1.54, 1.807) is 31.2 Å². The van der Waals surface area contributed by atoms with Crippen molar-refractivity contribution in [2.45, 2.75) is 50.2 Å². The molecule has 0 saturated carbocycles. The van der Waals surface area contributed by atoms with Gasteiger partial charge in [0, 0.05) is 12.1 Å². The number of ether oxygens (including phenoxy) is 3. The van der Waals surface area contributed by atoms with E-state index in [4.69, 9.17) is 14.2 Å². The Kier molecular flexibility index (Phi) is 5.29. The van der Waals surface area contributed by atoms with E-state index in [-0.39, 0.29) is 35.0 Å². The van der Waals surface area contributed by atoms with Crippen LogP contribution in [-0.4, -0.2) is 62.0 Å². The minimum Gasteiger partial charge on any atom is -0.508 e. The lowest BCUT2D eigenvalue weighted by molar-refractivity contribution is -0.268. The van der Waals surface area contributed by atoms with Gasteiger partial charge in [-0.2, -0.15) is 0 Å². The number of phenolic OH excluding ortho intramolecular Hbond substituents is 2. The van der Waals surface area contributed by atoms with Gasteiger partial charge in [-0.05, 0) is 24.6 Å². The predicted octanol–water partition coefficient (Wildman–Crippen LogP) is 1.01. The maximum Gasteiger partial charge on any atom is 0.229 e. The Bertz CT molecular complexity index is 942. The molecular formula is C21H22O9. The van der Waals surface area contributed by atoms with Gasteiger partial charge in [0.05, 0.1) is 12.5 Å². The number of benzene rings is 2. The van der Waals surface area contributed by atoms with Crippen molar-refractivity contribution in [3.8, 4) is 23.0 Å². The lowest BCUT2D eigenvalue weighted by atomic mass is 9.95. The summed E-state index contributed by atoms with van der Waals surface area (Å²) >= 11 is 0. The topological polar surface area (TPSA) is 146 Å². The molecular weight excluding hydrogens is 396 g/mol. The molecule has 2 aromatic rings. The smallest absolute Gasteiger partial charge is 0.229 e. The van der Waals surface area contributed by atoms with Crippen LogP contribution in [0.15, 0.2) is 36.4 Å². The van der Waals surface area contributed by atoms with Crippen LogP contribution in [0.1, 0.15) is 35.4 Å². The standard InChI is InChI=1S/C21H22O9/c1-9-18(25)19(26)20(27)21(28-9)29-12-4-2-10(3-5-12)15-8-14(24)17-13(23)6-11(22)7-16(17)30-15/h2-7,9,15,18-23,25-27H,8H2,1H3/t9-,15+,18-,19+,20+,21-/m0/s1. The lowest BCUT2D eigenvalue weighted by Crippen LogP contribution is -2.58. The Hall–Kier alpha value is -2.85. The molecule has 0 unspecified atom stereocenters. The second-order valence-corrected chi connectivity index (χ2v) is 7.44. The highest BCUT2D eigenvalue weighted by Crippen LogP contribution is 2.41. The maximum atomic E-state index is 12.4. The van der Waals surface area contributed by atoms with Gasteiger partial charge in [0.1, 0.15) is 53.0 Å². The van der Waals surface area contributed by atoms with Gasteiger partial charge in [0.15, 0.2) is 5.78 Å². The van der Waals surface area contributed by atoms with E-state index in [9.17, 15) is 30.3 Å². The molecule has 1 fully saturated rings. The fraction of sp³-hybridized carbons (Fsp3) is 0.381. The fourth-order valence-corrected chi connectivity index (χ4v) is 3.62. The Morgan fingerprint density at radius 2 is 1.70 bits per heavy atom. The highest BCUT2D eigenvalue weighted by molar-refractivity contribution is 6.02. The van der Waals surface area contributed by atoms with E-state index in [0.29, 0.717) is 11.3 Å². The van der Waals surface area contributed by atoms with Crippen molar-refractivity contribution >= 4 is 5.78 Å². The number of aliphatic hydroxyl groups excluding tert-OH is 3. The van der Waals surface area contributed by atoms with Crippen molar-refractivity contribution < 1.29 is 44.5 Å². The van der Waals surface area contributed by atoms with Crippen molar-refractivity contribution in [2.75, 3.05) is 0 Å². The highest BCUT2D eigenvalue weighted by atomic mass is 16.7. The van der Waals surface area contributed by atoms with Crippen molar-refractivity contribution in [2.24, 2.45) is 0 Å². The third-order valence-corrected chi connectivity index (χ3v) is 5.30. The van der Waals surface area contributed by atoms with Crippen LogP contribution in [-0.2, 0) is 4.74 Å². The zero-order chi connectivity index (χ0) is 21.6. The molecule has 0 amide bonds. The molecule has 0 aliphatic carbocycles. The first-order valence-electron chi connectivity index (χ1n) is 9.46. The summed E-state index contributed by atoms with van der Waals surface area (Å²) in [6.45, 7) is 1.56. The van der Waals surface area contributed by atoms with Crippen LogP contribution < -0.4 is 9.47 Å². The van der Waals surface area contributed by atoms with Gasteiger partial charge in [0.2, 0.25) is 6.29 Å². The van der Waals surface area contributed by atoms with Crippen molar-refractivity contribution in [1.29, 1.82) is 0 Å². The van der Waals surface area contributed by atoms with Crippen LogP contribution in [0.25, 0.3) is 0 Å². The number of Topliss-reactive ketones (excluding diaryl/α,β-unsaturated/α-hetero) is 1. The van der Waals surface area contributed by atoms with Crippen LogP contribution in [0.3, 0.4) is 0 Å². The van der Waals surface area contributed by atoms with E-state index in [0.717, 1.165) is 6.07 Å². The molecule has 2 aliphatic rings. The van der Waals surface area contributed by atoms with Crippen molar-refractivity contribution in [3.05, 3.63) is 47.5 Å². The van der Waals surface area contributed by atoms with Gasteiger partial charge in [-0.15, -0.1) is 0 Å². The Morgan fingerprint density at radius 3 is 2.40 bits per heavy atom. The summed E-state index contributed by atoms with van der Waals surface area (Å²) in [5, 5.41) is 49.2. The van der Waals surface area contributed by atoms with Gasteiger partial charge >= 0.3 is 0 Å². The molecule has 0 radical (unpaired) electrons. The molecule has 9 nitrogen and oxygen atoms in total. The molecule has 9 heteroatoms. The first-order chi connectivity index (χ1) is 14.2. The Balaban J connectivity index is 1.48. The number of rotatable bonds is 3. The second kappa shape index (κ2) is 7.77. The summed E-state index contributed by atoms with van der Waals surface area (Å²) in [5.74, 6) is -0.397. The number of aliphatic hydroxyl groups is 3. The molecule has 30 heavy (non-hydrogen) atoms. The molecule has 2 heterocycles. The summed E-state index contributed by atoms with van der Waals surface area (Å²) in [7, 11) is 0. The maximum absolute atomic E-state index is 12.4. The first-order valence-corrected chi connectivity index (χ1v) is 9.46. The van der Waals surface area contributed by atoms with Gasteiger partial charge < -0.3 is 39.7 Å².